The van der Waals surface area contributed by atoms with Gasteiger partial charge in [0.15, 0.2) is 0 Å². The fraction of sp³-hybridized carbons (Fsp3) is 0.632. The van der Waals surface area contributed by atoms with E-state index in [0.717, 1.165) is 43.2 Å². The number of halogens is 1. The Kier molecular flexibility index (Phi) is 4.45. The molecule has 1 amide bonds. The summed E-state index contributed by atoms with van der Waals surface area (Å²) in [6.07, 6.45) is 5.45. The van der Waals surface area contributed by atoms with Crippen molar-refractivity contribution in [1.82, 2.24) is 4.90 Å². The Balaban J connectivity index is 1.79. The summed E-state index contributed by atoms with van der Waals surface area (Å²) in [5.74, 6) is -0.205. The molecule has 1 heterocycles. The van der Waals surface area contributed by atoms with E-state index in [1.807, 2.05) is 18.7 Å². The minimum absolute atomic E-state index is 0.0179. The van der Waals surface area contributed by atoms with Gasteiger partial charge in [-0.2, -0.15) is 0 Å². The number of carbonyl (C=O) groups excluding carboxylic acids is 1. The van der Waals surface area contributed by atoms with E-state index in [1.54, 1.807) is 12.1 Å². The van der Waals surface area contributed by atoms with E-state index in [0.29, 0.717) is 6.42 Å². The first-order valence-electron chi connectivity index (χ1n) is 8.71. The van der Waals surface area contributed by atoms with Gasteiger partial charge in [-0.25, -0.2) is 4.39 Å². The molecule has 0 saturated heterocycles. The van der Waals surface area contributed by atoms with Crippen LogP contribution in [0.25, 0.3) is 0 Å². The molecular formula is C19H26FNO2. The summed E-state index contributed by atoms with van der Waals surface area (Å²) in [5.41, 5.74) is 1.18. The van der Waals surface area contributed by atoms with Gasteiger partial charge in [0.2, 0.25) is 5.91 Å². The third kappa shape index (κ3) is 3.27. The first-order chi connectivity index (χ1) is 10.9. The van der Waals surface area contributed by atoms with Crippen LogP contribution in [0.3, 0.4) is 0 Å². The second kappa shape index (κ2) is 6.23. The summed E-state index contributed by atoms with van der Waals surface area (Å²) in [6.45, 7) is 4.00. The van der Waals surface area contributed by atoms with Crippen LogP contribution in [0.1, 0.15) is 69.5 Å². The van der Waals surface area contributed by atoms with Crippen LogP contribution >= 0.6 is 0 Å². The zero-order chi connectivity index (χ0) is 16.6. The molecule has 1 N–H and O–H groups in total. The zero-order valence-electron chi connectivity index (χ0n) is 14.0. The van der Waals surface area contributed by atoms with E-state index in [1.165, 1.54) is 6.07 Å². The van der Waals surface area contributed by atoms with Crippen molar-refractivity contribution in [1.29, 1.82) is 0 Å². The van der Waals surface area contributed by atoms with E-state index in [9.17, 15) is 14.3 Å². The van der Waals surface area contributed by atoms with E-state index in [2.05, 4.69) is 0 Å². The monoisotopic (exact) mass is 319 g/mol. The van der Waals surface area contributed by atoms with Crippen LogP contribution in [-0.4, -0.2) is 27.6 Å². The molecule has 4 heteroatoms. The van der Waals surface area contributed by atoms with E-state index >= 15 is 0 Å². The number of fused-ring (bicyclic) bond motifs is 1. The summed E-state index contributed by atoms with van der Waals surface area (Å²) >= 11 is 0. The normalized spacial score (nSPS) is 26.7. The predicted molar refractivity (Wildman–Crippen MR) is 87.5 cm³/mol. The SMILES string of the molecule is C[C@@H]1Cc2cc(F)ccc2[C@H](C)N1C(=O)CC1(O)CCCCC1. The lowest BCUT2D eigenvalue weighted by atomic mass is 9.81. The third-order valence-corrected chi connectivity index (χ3v) is 5.52. The van der Waals surface area contributed by atoms with Crippen LogP contribution in [0.2, 0.25) is 0 Å². The van der Waals surface area contributed by atoms with Gasteiger partial charge >= 0.3 is 0 Å². The van der Waals surface area contributed by atoms with E-state index in [4.69, 9.17) is 0 Å². The lowest BCUT2D eigenvalue weighted by Crippen LogP contribution is -2.48. The molecule has 126 valence electrons. The first kappa shape index (κ1) is 16.4. The Hall–Kier alpha value is -1.42. The molecule has 23 heavy (non-hydrogen) atoms. The minimum atomic E-state index is -0.835. The topological polar surface area (TPSA) is 40.5 Å². The Labute approximate surface area is 137 Å². The number of aliphatic hydroxyl groups is 1. The Morgan fingerprint density at radius 1 is 1.30 bits per heavy atom. The smallest absolute Gasteiger partial charge is 0.226 e. The van der Waals surface area contributed by atoms with Crippen LogP contribution in [0, 0.1) is 5.82 Å². The van der Waals surface area contributed by atoms with Gasteiger partial charge in [-0.1, -0.05) is 25.3 Å². The molecule has 0 spiro atoms. The van der Waals surface area contributed by atoms with Crippen LogP contribution in [0.5, 0.6) is 0 Å². The standard InChI is InChI=1S/C19H26FNO2/c1-13-10-15-11-16(20)6-7-17(15)14(2)21(13)18(22)12-19(23)8-4-3-5-9-19/h6-7,11,13-14,23H,3-5,8-10,12H2,1-2H3/t13-,14+/m1/s1. The van der Waals surface area contributed by atoms with Crippen LogP contribution < -0.4 is 0 Å². The molecule has 1 aromatic rings. The van der Waals surface area contributed by atoms with Crippen molar-refractivity contribution in [2.24, 2.45) is 0 Å². The largest absolute Gasteiger partial charge is 0.389 e. The van der Waals surface area contributed by atoms with Gasteiger partial charge in [0, 0.05) is 6.04 Å². The highest BCUT2D eigenvalue weighted by Gasteiger charge is 2.38. The van der Waals surface area contributed by atoms with Gasteiger partial charge in [-0.05, 0) is 56.4 Å². The van der Waals surface area contributed by atoms with Crippen LogP contribution in [0.4, 0.5) is 4.39 Å². The highest BCUT2D eigenvalue weighted by atomic mass is 19.1. The van der Waals surface area contributed by atoms with Gasteiger partial charge in [-0.3, -0.25) is 4.79 Å². The molecule has 3 rings (SSSR count). The van der Waals surface area contributed by atoms with Crippen molar-refractivity contribution in [2.75, 3.05) is 0 Å². The molecule has 1 aromatic carbocycles. The Morgan fingerprint density at radius 3 is 2.70 bits per heavy atom. The van der Waals surface area contributed by atoms with Crippen molar-refractivity contribution in [3.8, 4) is 0 Å². The zero-order valence-corrected chi connectivity index (χ0v) is 14.0. The van der Waals surface area contributed by atoms with Crippen molar-refractivity contribution in [3.05, 3.63) is 35.1 Å². The molecule has 2 aliphatic rings. The van der Waals surface area contributed by atoms with Crippen LogP contribution in [-0.2, 0) is 11.2 Å². The van der Waals surface area contributed by atoms with Crippen molar-refractivity contribution in [3.63, 3.8) is 0 Å². The van der Waals surface area contributed by atoms with Crippen molar-refractivity contribution >= 4 is 5.91 Å². The number of hydrogen-bond donors (Lipinski definition) is 1. The van der Waals surface area contributed by atoms with E-state index in [-0.39, 0.29) is 30.2 Å². The Bertz CT molecular complexity index is 595. The second-order valence-electron chi connectivity index (χ2n) is 7.34. The number of benzene rings is 1. The molecule has 0 unspecified atom stereocenters. The van der Waals surface area contributed by atoms with Gasteiger partial charge in [0.25, 0.3) is 0 Å². The molecule has 2 atom stereocenters. The number of nitrogens with zero attached hydrogens (tertiary/aromatic N) is 1. The second-order valence-corrected chi connectivity index (χ2v) is 7.34. The molecule has 1 saturated carbocycles. The lowest BCUT2D eigenvalue weighted by molar-refractivity contribution is -0.142. The van der Waals surface area contributed by atoms with Crippen molar-refractivity contribution < 1.29 is 14.3 Å². The average molecular weight is 319 g/mol. The summed E-state index contributed by atoms with van der Waals surface area (Å²) < 4.78 is 13.5. The van der Waals surface area contributed by atoms with E-state index < -0.39 is 5.60 Å². The quantitative estimate of drug-likeness (QED) is 0.902. The van der Waals surface area contributed by atoms with Crippen LogP contribution in [0.15, 0.2) is 18.2 Å². The number of hydrogen-bond acceptors (Lipinski definition) is 2. The van der Waals surface area contributed by atoms with Gasteiger partial charge in [0.05, 0.1) is 18.1 Å². The maximum Gasteiger partial charge on any atom is 0.226 e. The maximum atomic E-state index is 13.5. The molecule has 0 bridgehead atoms. The minimum Gasteiger partial charge on any atom is -0.389 e. The molecule has 1 aliphatic carbocycles. The molecule has 3 nitrogen and oxygen atoms in total. The number of carbonyl (C=O) groups is 1. The third-order valence-electron chi connectivity index (χ3n) is 5.52. The van der Waals surface area contributed by atoms with Crippen molar-refractivity contribution in [2.45, 2.75) is 76.5 Å². The fourth-order valence-electron chi connectivity index (χ4n) is 4.33. The molecular weight excluding hydrogens is 293 g/mol. The maximum absolute atomic E-state index is 13.5. The fourth-order valence-corrected chi connectivity index (χ4v) is 4.33. The van der Waals surface area contributed by atoms with Gasteiger partial charge < -0.3 is 10.0 Å². The summed E-state index contributed by atoms with van der Waals surface area (Å²) in [5, 5.41) is 10.7. The molecule has 1 fully saturated rings. The molecule has 1 aliphatic heterocycles. The highest BCUT2D eigenvalue weighted by Crippen LogP contribution is 2.36. The lowest BCUT2D eigenvalue weighted by Gasteiger charge is -2.42. The summed E-state index contributed by atoms with van der Waals surface area (Å²) in [4.78, 5) is 14.7. The number of rotatable bonds is 2. The predicted octanol–water partition coefficient (Wildman–Crippen LogP) is 3.75. The summed E-state index contributed by atoms with van der Waals surface area (Å²) in [7, 11) is 0. The first-order valence-corrected chi connectivity index (χ1v) is 8.71. The average Bonchev–Trinajstić information content (AvgIpc) is 2.46. The Morgan fingerprint density at radius 2 is 2.00 bits per heavy atom. The van der Waals surface area contributed by atoms with Gasteiger partial charge in [-0.15, -0.1) is 0 Å². The number of amides is 1. The molecule has 0 aromatic heterocycles. The summed E-state index contributed by atoms with van der Waals surface area (Å²) in [6, 6.07) is 4.78. The van der Waals surface area contributed by atoms with Gasteiger partial charge in [0.1, 0.15) is 5.82 Å². The highest BCUT2D eigenvalue weighted by molar-refractivity contribution is 5.78. The molecule has 0 radical (unpaired) electrons.